The van der Waals surface area contributed by atoms with Crippen LogP contribution in [0.2, 0.25) is 0 Å². The second-order valence-electron chi connectivity index (χ2n) is 6.74. The smallest absolute Gasteiger partial charge is 0.324 e. The van der Waals surface area contributed by atoms with Gasteiger partial charge in [0.05, 0.1) is 24.5 Å². The molecule has 2 N–H and O–H groups in total. The van der Waals surface area contributed by atoms with E-state index < -0.39 is 20.3 Å². The zero-order valence-electron chi connectivity index (χ0n) is 18.2. The predicted molar refractivity (Wildman–Crippen MR) is 122 cm³/mol. The predicted octanol–water partition coefficient (Wildman–Crippen LogP) is 6.33. The molecule has 2 aromatic carbocycles. The first-order valence-corrected chi connectivity index (χ1v) is 13.5. The maximum Gasteiger partial charge on any atom is 0.335 e. The molecule has 0 unspecified atom stereocenters. The highest BCUT2D eigenvalue weighted by atomic mass is 31.2. The third-order valence-electron chi connectivity index (χ3n) is 4.91. The van der Waals surface area contributed by atoms with Crippen LogP contribution in [-0.4, -0.2) is 23.0 Å². The SMILES string of the molecule is CCC(CC)(c1ccccc1)P(=O)(O)O.CCOP(=O)(Cc1ccccc1)OCC. The zero-order chi connectivity index (χ0) is 22.7. The molecule has 0 bridgehead atoms. The Morgan fingerprint density at radius 2 is 1.20 bits per heavy atom. The summed E-state index contributed by atoms with van der Waals surface area (Å²) in [7, 11) is -7.07. The summed E-state index contributed by atoms with van der Waals surface area (Å²) < 4.78 is 34.2. The van der Waals surface area contributed by atoms with Gasteiger partial charge in [0.2, 0.25) is 0 Å². The van der Waals surface area contributed by atoms with Gasteiger partial charge in [-0.15, -0.1) is 0 Å². The van der Waals surface area contributed by atoms with Crippen LogP contribution in [-0.2, 0) is 29.5 Å². The molecular weight excluding hydrogens is 422 g/mol. The van der Waals surface area contributed by atoms with Gasteiger partial charge in [-0.1, -0.05) is 74.5 Å². The van der Waals surface area contributed by atoms with E-state index in [0.29, 0.717) is 32.2 Å². The molecule has 0 saturated carbocycles. The lowest BCUT2D eigenvalue weighted by atomic mass is 9.93. The minimum absolute atomic E-state index is 0.343. The molecule has 0 radical (unpaired) electrons. The van der Waals surface area contributed by atoms with Crippen LogP contribution < -0.4 is 0 Å². The Morgan fingerprint density at radius 3 is 1.57 bits per heavy atom. The number of hydrogen-bond donors (Lipinski definition) is 2. The van der Waals surface area contributed by atoms with E-state index in [9.17, 15) is 18.9 Å². The fraction of sp³-hybridized carbons (Fsp3) is 0.455. The van der Waals surface area contributed by atoms with Crippen LogP contribution in [0.3, 0.4) is 0 Å². The maximum absolute atomic E-state index is 12.1. The summed E-state index contributed by atoms with van der Waals surface area (Å²) in [5.41, 5.74) is 1.70. The maximum atomic E-state index is 12.1. The van der Waals surface area contributed by atoms with Crippen LogP contribution in [0.25, 0.3) is 0 Å². The Hall–Kier alpha value is -1.26. The summed E-state index contributed by atoms with van der Waals surface area (Å²) in [6.07, 6.45) is 1.23. The molecule has 0 heterocycles. The minimum Gasteiger partial charge on any atom is -0.324 e. The van der Waals surface area contributed by atoms with Crippen molar-refractivity contribution in [3.05, 3.63) is 71.8 Å². The van der Waals surface area contributed by atoms with Crippen molar-refractivity contribution < 1.29 is 28.0 Å². The normalized spacial score (nSPS) is 12.2. The summed E-state index contributed by atoms with van der Waals surface area (Å²) in [5, 5.41) is -1.02. The molecule has 0 atom stereocenters. The molecule has 168 valence electrons. The lowest BCUT2D eigenvalue weighted by molar-refractivity contribution is 0.219. The monoisotopic (exact) mass is 456 g/mol. The first-order chi connectivity index (χ1) is 14.2. The Bertz CT molecular complexity index is 804. The average Bonchev–Trinajstić information content (AvgIpc) is 2.70. The van der Waals surface area contributed by atoms with Crippen LogP contribution in [0.15, 0.2) is 60.7 Å². The van der Waals surface area contributed by atoms with E-state index in [1.807, 2.05) is 76.2 Å². The molecule has 0 amide bonds. The fourth-order valence-electron chi connectivity index (χ4n) is 3.32. The largest absolute Gasteiger partial charge is 0.335 e. The first kappa shape index (κ1) is 26.8. The van der Waals surface area contributed by atoms with Gasteiger partial charge >= 0.3 is 15.2 Å². The summed E-state index contributed by atoms with van der Waals surface area (Å²) in [4.78, 5) is 19.0. The van der Waals surface area contributed by atoms with Crippen LogP contribution in [0, 0.1) is 0 Å². The van der Waals surface area contributed by atoms with Gasteiger partial charge in [0.15, 0.2) is 0 Å². The Morgan fingerprint density at radius 1 is 0.767 bits per heavy atom. The molecule has 0 aromatic heterocycles. The van der Waals surface area contributed by atoms with Crippen molar-refractivity contribution in [3.8, 4) is 0 Å². The zero-order valence-corrected chi connectivity index (χ0v) is 20.0. The van der Waals surface area contributed by atoms with E-state index in [2.05, 4.69) is 0 Å². The molecule has 30 heavy (non-hydrogen) atoms. The highest BCUT2D eigenvalue weighted by Crippen LogP contribution is 2.60. The highest BCUT2D eigenvalue weighted by molar-refractivity contribution is 7.53. The lowest BCUT2D eigenvalue weighted by Crippen LogP contribution is -2.24. The molecule has 0 aliphatic carbocycles. The van der Waals surface area contributed by atoms with E-state index in [1.165, 1.54) is 0 Å². The van der Waals surface area contributed by atoms with Crippen molar-refractivity contribution in [2.24, 2.45) is 0 Å². The Kier molecular flexibility index (Phi) is 11.2. The minimum atomic E-state index is -4.13. The number of benzene rings is 2. The van der Waals surface area contributed by atoms with Crippen molar-refractivity contribution in [3.63, 3.8) is 0 Å². The molecule has 0 saturated heterocycles. The standard InChI is InChI=1S/2C11H17O3P/c1-3-13-15(12,14-4-2)10-11-8-6-5-7-9-11;1-3-11(4-2,15(12,13)14)10-8-6-5-7-9-10/h5-9H,3-4,10H2,1-2H3;5-9H,3-4H2,1-2H3,(H2,12,13,14). The van der Waals surface area contributed by atoms with Crippen LogP contribution >= 0.6 is 15.2 Å². The quantitative estimate of drug-likeness (QED) is 0.406. The first-order valence-electron chi connectivity index (χ1n) is 10.2. The van der Waals surface area contributed by atoms with Gasteiger partial charge in [0.1, 0.15) is 0 Å². The van der Waals surface area contributed by atoms with E-state index in [4.69, 9.17) is 9.05 Å². The molecule has 0 aliphatic rings. The Labute approximate surface area is 180 Å². The van der Waals surface area contributed by atoms with Crippen LogP contribution in [0.4, 0.5) is 0 Å². The molecule has 2 aromatic rings. The second kappa shape index (κ2) is 12.6. The van der Waals surface area contributed by atoms with E-state index in [-0.39, 0.29) is 0 Å². The molecule has 0 fully saturated rings. The lowest BCUT2D eigenvalue weighted by Gasteiger charge is -2.32. The fourth-order valence-corrected chi connectivity index (χ4v) is 6.33. The third-order valence-corrected chi connectivity index (χ3v) is 8.97. The van der Waals surface area contributed by atoms with Crippen LogP contribution in [0.1, 0.15) is 51.7 Å². The van der Waals surface area contributed by atoms with Crippen molar-refractivity contribution in [1.82, 2.24) is 0 Å². The van der Waals surface area contributed by atoms with Gasteiger partial charge in [-0.3, -0.25) is 9.13 Å². The third kappa shape index (κ3) is 7.46. The van der Waals surface area contributed by atoms with E-state index in [1.54, 1.807) is 12.1 Å². The second-order valence-corrected chi connectivity index (χ2v) is 10.7. The molecule has 0 aliphatic heterocycles. The summed E-state index contributed by atoms with van der Waals surface area (Å²) in [6, 6.07) is 18.6. The summed E-state index contributed by atoms with van der Waals surface area (Å²) in [5.74, 6) is 0. The van der Waals surface area contributed by atoms with Crippen molar-refractivity contribution >= 4 is 15.2 Å². The molecule has 2 rings (SSSR count). The van der Waals surface area contributed by atoms with Gasteiger partial charge in [-0.05, 0) is 37.8 Å². The highest BCUT2D eigenvalue weighted by Gasteiger charge is 2.45. The van der Waals surface area contributed by atoms with Crippen LogP contribution in [0.5, 0.6) is 0 Å². The average molecular weight is 456 g/mol. The van der Waals surface area contributed by atoms with Gasteiger partial charge in [-0.2, -0.15) is 0 Å². The summed E-state index contributed by atoms with van der Waals surface area (Å²) in [6.45, 7) is 8.08. The van der Waals surface area contributed by atoms with Gasteiger partial charge in [0, 0.05) is 0 Å². The van der Waals surface area contributed by atoms with Gasteiger partial charge < -0.3 is 18.8 Å². The molecule has 8 heteroatoms. The summed E-state index contributed by atoms with van der Waals surface area (Å²) >= 11 is 0. The number of rotatable bonds is 10. The van der Waals surface area contributed by atoms with E-state index in [0.717, 1.165) is 11.1 Å². The number of hydrogen-bond acceptors (Lipinski definition) is 4. The van der Waals surface area contributed by atoms with E-state index >= 15 is 0 Å². The van der Waals surface area contributed by atoms with Crippen molar-refractivity contribution in [1.29, 1.82) is 0 Å². The molecular formula is C22H34O6P2. The Balaban J connectivity index is 0.000000300. The molecule has 6 nitrogen and oxygen atoms in total. The van der Waals surface area contributed by atoms with Crippen molar-refractivity contribution in [2.45, 2.75) is 51.9 Å². The van der Waals surface area contributed by atoms with Gasteiger partial charge in [-0.25, -0.2) is 0 Å². The topological polar surface area (TPSA) is 93.1 Å². The van der Waals surface area contributed by atoms with Gasteiger partial charge in [0.25, 0.3) is 0 Å². The van der Waals surface area contributed by atoms with Crippen molar-refractivity contribution in [2.75, 3.05) is 13.2 Å². The molecule has 0 spiro atoms.